The van der Waals surface area contributed by atoms with E-state index in [2.05, 4.69) is 47.6 Å². The zero-order chi connectivity index (χ0) is 13.6. The highest BCUT2D eigenvalue weighted by atomic mass is 14.5. The molecule has 2 rings (SSSR count). The second kappa shape index (κ2) is 4.54. The maximum absolute atomic E-state index is 2.49. The van der Waals surface area contributed by atoms with Crippen molar-refractivity contribution in [2.45, 2.75) is 73.6 Å². The average Bonchev–Trinajstić information content (AvgIpc) is 2.20. The Hall–Kier alpha value is -0.520. The Morgan fingerprint density at radius 3 is 2.28 bits per heavy atom. The van der Waals surface area contributed by atoms with Gasteiger partial charge in [0, 0.05) is 5.92 Å². The summed E-state index contributed by atoms with van der Waals surface area (Å²) in [6.07, 6.45) is 9.14. The van der Waals surface area contributed by atoms with Crippen molar-refractivity contribution < 1.29 is 0 Å². The summed E-state index contributed by atoms with van der Waals surface area (Å²) >= 11 is 0. The summed E-state index contributed by atoms with van der Waals surface area (Å²) in [7, 11) is 0. The summed E-state index contributed by atoms with van der Waals surface area (Å²) in [5.74, 6) is 0.682. The molecule has 102 valence electrons. The third-order valence-corrected chi connectivity index (χ3v) is 5.32. The van der Waals surface area contributed by atoms with Crippen molar-refractivity contribution in [1.29, 1.82) is 0 Å². The molecule has 0 saturated heterocycles. The minimum absolute atomic E-state index is 0.400. The second-order valence-corrected chi connectivity index (χ2v) is 7.84. The van der Waals surface area contributed by atoms with E-state index in [-0.39, 0.29) is 0 Å². The third-order valence-electron chi connectivity index (χ3n) is 5.32. The fourth-order valence-corrected chi connectivity index (χ4v) is 4.45. The van der Waals surface area contributed by atoms with Crippen LogP contribution in [0.25, 0.3) is 0 Å². The SMILES string of the molecule is CC1=CCCC(C)(C)C1C1=C(C)CCCC1(C)C. The molecule has 0 aromatic heterocycles. The van der Waals surface area contributed by atoms with Gasteiger partial charge in [-0.2, -0.15) is 0 Å². The van der Waals surface area contributed by atoms with Gasteiger partial charge in [-0.3, -0.25) is 0 Å². The summed E-state index contributed by atoms with van der Waals surface area (Å²) in [6.45, 7) is 14.6. The van der Waals surface area contributed by atoms with E-state index in [9.17, 15) is 0 Å². The van der Waals surface area contributed by atoms with Gasteiger partial charge in [-0.05, 0) is 56.8 Å². The average molecular weight is 246 g/mol. The van der Waals surface area contributed by atoms with E-state index in [0.717, 1.165) is 0 Å². The molecule has 0 amide bonds. The molecule has 2 aliphatic carbocycles. The normalized spacial score (nSPS) is 31.2. The van der Waals surface area contributed by atoms with Crippen LogP contribution in [0.5, 0.6) is 0 Å². The minimum Gasteiger partial charge on any atom is -0.0850 e. The zero-order valence-corrected chi connectivity index (χ0v) is 13.2. The van der Waals surface area contributed by atoms with Gasteiger partial charge in [0.05, 0.1) is 0 Å². The molecular weight excluding hydrogens is 216 g/mol. The van der Waals surface area contributed by atoms with Crippen molar-refractivity contribution in [3.05, 3.63) is 22.8 Å². The van der Waals surface area contributed by atoms with Crippen LogP contribution in [0.1, 0.15) is 73.6 Å². The van der Waals surface area contributed by atoms with E-state index in [0.29, 0.717) is 16.7 Å². The Morgan fingerprint density at radius 2 is 1.72 bits per heavy atom. The lowest BCUT2D eigenvalue weighted by Gasteiger charge is -2.47. The molecule has 2 aliphatic rings. The zero-order valence-electron chi connectivity index (χ0n) is 13.2. The molecule has 0 bridgehead atoms. The van der Waals surface area contributed by atoms with Crippen LogP contribution < -0.4 is 0 Å². The monoisotopic (exact) mass is 246 g/mol. The highest BCUT2D eigenvalue weighted by Gasteiger charge is 2.42. The molecule has 0 saturated carbocycles. The first kappa shape index (κ1) is 13.9. The molecule has 0 N–H and O–H groups in total. The van der Waals surface area contributed by atoms with E-state index in [1.165, 1.54) is 32.1 Å². The summed E-state index contributed by atoms with van der Waals surface area (Å²) in [5, 5.41) is 0. The second-order valence-electron chi connectivity index (χ2n) is 7.84. The van der Waals surface area contributed by atoms with E-state index < -0.39 is 0 Å². The largest absolute Gasteiger partial charge is 0.0850 e. The van der Waals surface area contributed by atoms with Gasteiger partial charge >= 0.3 is 0 Å². The number of hydrogen-bond acceptors (Lipinski definition) is 0. The Balaban J connectivity index is 2.51. The molecular formula is C18H30. The number of hydrogen-bond donors (Lipinski definition) is 0. The Kier molecular flexibility index (Phi) is 3.51. The molecule has 0 aliphatic heterocycles. The third kappa shape index (κ3) is 2.31. The quantitative estimate of drug-likeness (QED) is 0.506. The van der Waals surface area contributed by atoms with Crippen molar-refractivity contribution in [2.75, 3.05) is 0 Å². The van der Waals surface area contributed by atoms with Crippen LogP contribution in [0.3, 0.4) is 0 Å². The predicted octanol–water partition coefficient (Wildman–Crippen LogP) is 5.90. The Labute approximate surface area is 114 Å². The lowest BCUT2D eigenvalue weighted by atomic mass is 9.57. The molecule has 0 nitrogen and oxygen atoms in total. The van der Waals surface area contributed by atoms with E-state index >= 15 is 0 Å². The van der Waals surface area contributed by atoms with Crippen LogP contribution in [0, 0.1) is 16.7 Å². The molecule has 0 aromatic carbocycles. The van der Waals surface area contributed by atoms with Crippen LogP contribution in [0.2, 0.25) is 0 Å². The molecule has 0 radical (unpaired) electrons. The Morgan fingerprint density at radius 1 is 1.06 bits per heavy atom. The van der Waals surface area contributed by atoms with Crippen LogP contribution in [-0.4, -0.2) is 0 Å². The molecule has 1 unspecified atom stereocenters. The molecule has 18 heavy (non-hydrogen) atoms. The van der Waals surface area contributed by atoms with Gasteiger partial charge < -0.3 is 0 Å². The molecule has 0 spiro atoms. The summed E-state index contributed by atoms with van der Waals surface area (Å²) < 4.78 is 0. The number of allylic oxidation sites excluding steroid dienone is 4. The number of rotatable bonds is 1. The van der Waals surface area contributed by atoms with Crippen LogP contribution in [0.15, 0.2) is 22.8 Å². The first-order valence-corrected chi connectivity index (χ1v) is 7.62. The standard InChI is InChI=1S/C18H30/c1-13-9-7-11-17(3,4)15(13)16-14(2)10-8-12-18(16,5)6/h9,15H,7-8,10-12H2,1-6H3. The van der Waals surface area contributed by atoms with Crippen molar-refractivity contribution in [2.24, 2.45) is 16.7 Å². The van der Waals surface area contributed by atoms with Gasteiger partial charge in [0.15, 0.2) is 0 Å². The fourth-order valence-electron chi connectivity index (χ4n) is 4.45. The first-order valence-electron chi connectivity index (χ1n) is 7.62. The fraction of sp³-hybridized carbons (Fsp3) is 0.778. The van der Waals surface area contributed by atoms with Crippen LogP contribution in [0.4, 0.5) is 0 Å². The molecule has 0 fully saturated rings. The Bertz CT molecular complexity index is 390. The summed E-state index contributed by atoms with van der Waals surface area (Å²) in [6, 6.07) is 0. The van der Waals surface area contributed by atoms with Crippen molar-refractivity contribution in [3.63, 3.8) is 0 Å². The van der Waals surface area contributed by atoms with E-state index in [4.69, 9.17) is 0 Å². The van der Waals surface area contributed by atoms with Crippen molar-refractivity contribution in [3.8, 4) is 0 Å². The molecule has 0 aromatic rings. The maximum atomic E-state index is 2.49. The highest BCUT2D eigenvalue weighted by molar-refractivity contribution is 5.34. The van der Waals surface area contributed by atoms with E-state index in [1.807, 2.05) is 0 Å². The van der Waals surface area contributed by atoms with Crippen molar-refractivity contribution in [1.82, 2.24) is 0 Å². The lowest BCUT2D eigenvalue weighted by molar-refractivity contribution is 0.200. The lowest BCUT2D eigenvalue weighted by Crippen LogP contribution is -2.36. The van der Waals surface area contributed by atoms with Gasteiger partial charge in [-0.15, -0.1) is 0 Å². The van der Waals surface area contributed by atoms with E-state index in [1.54, 1.807) is 16.7 Å². The van der Waals surface area contributed by atoms with Gasteiger partial charge in [0.2, 0.25) is 0 Å². The van der Waals surface area contributed by atoms with Gasteiger partial charge in [0.25, 0.3) is 0 Å². The molecule has 1 atom stereocenters. The summed E-state index contributed by atoms with van der Waals surface area (Å²) in [4.78, 5) is 0. The maximum Gasteiger partial charge on any atom is 0.00634 e. The highest BCUT2D eigenvalue weighted by Crippen LogP contribution is 2.54. The van der Waals surface area contributed by atoms with Gasteiger partial charge in [-0.25, -0.2) is 0 Å². The first-order chi connectivity index (χ1) is 8.26. The van der Waals surface area contributed by atoms with Crippen LogP contribution >= 0.6 is 0 Å². The minimum atomic E-state index is 0.400. The van der Waals surface area contributed by atoms with Crippen molar-refractivity contribution >= 4 is 0 Å². The van der Waals surface area contributed by atoms with Gasteiger partial charge in [-0.1, -0.05) is 50.5 Å². The summed E-state index contributed by atoms with van der Waals surface area (Å²) in [5.41, 5.74) is 5.91. The van der Waals surface area contributed by atoms with Gasteiger partial charge in [0.1, 0.15) is 0 Å². The molecule has 0 heterocycles. The smallest absolute Gasteiger partial charge is 0.00634 e. The predicted molar refractivity (Wildman–Crippen MR) is 80.6 cm³/mol. The van der Waals surface area contributed by atoms with Crippen LogP contribution in [-0.2, 0) is 0 Å². The topological polar surface area (TPSA) is 0 Å². The molecule has 0 heteroatoms.